The first-order valence-corrected chi connectivity index (χ1v) is 6.26. The molecule has 0 aliphatic rings. The van der Waals surface area contributed by atoms with Gasteiger partial charge in [-0.2, -0.15) is 0 Å². The van der Waals surface area contributed by atoms with Crippen LogP contribution in [0.25, 0.3) is 11.0 Å². The molecule has 1 heterocycles. The van der Waals surface area contributed by atoms with Crippen LogP contribution in [0.5, 0.6) is 0 Å². The zero-order chi connectivity index (χ0) is 13.1. The molecule has 5 heteroatoms. The number of rotatable bonds is 5. The van der Waals surface area contributed by atoms with Gasteiger partial charge >= 0.3 is 5.97 Å². The van der Waals surface area contributed by atoms with Gasteiger partial charge in [-0.1, -0.05) is 31.5 Å². The van der Waals surface area contributed by atoms with Gasteiger partial charge in [-0.3, -0.25) is 0 Å². The molecule has 0 aliphatic carbocycles. The van der Waals surface area contributed by atoms with E-state index >= 15 is 0 Å². The van der Waals surface area contributed by atoms with Gasteiger partial charge in [-0.15, -0.1) is 5.10 Å². The van der Waals surface area contributed by atoms with Crippen molar-refractivity contribution in [3.8, 4) is 0 Å². The summed E-state index contributed by atoms with van der Waals surface area (Å²) in [5.41, 5.74) is 1.54. The molecular formula is C13H17N3O2. The van der Waals surface area contributed by atoms with E-state index in [0.29, 0.717) is 11.0 Å². The maximum Gasteiger partial charge on any atom is 0.337 e. The summed E-state index contributed by atoms with van der Waals surface area (Å²) >= 11 is 0. The van der Waals surface area contributed by atoms with Crippen molar-refractivity contribution in [2.45, 2.75) is 39.2 Å². The highest BCUT2D eigenvalue weighted by atomic mass is 16.4. The van der Waals surface area contributed by atoms with E-state index in [4.69, 9.17) is 0 Å². The fourth-order valence-corrected chi connectivity index (χ4v) is 2.25. The molecule has 0 saturated heterocycles. The summed E-state index contributed by atoms with van der Waals surface area (Å²) in [5.74, 6) is -0.935. The lowest BCUT2D eigenvalue weighted by molar-refractivity contribution is 0.0698. The summed E-state index contributed by atoms with van der Waals surface area (Å²) < 4.78 is 1.77. The molecule has 2 aromatic rings. The average Bonchev–Trinajstić information content (AvgIpc) is 2.79. The Morgan fingerprint density at radius 1 is 1.44 bits per heavy atom. The van der Waals surface area contributed by atoms with Gasteiger partial charge in [-0.25, -0.2) is 9.48 Å². The van der Waals surface area contributed by atoms with Crippen LogP contribution in [0.1, 0.15) is 49.5 Å². The topological polar surface area (TPSA) is 68.0 Å². The third kappa shape index (κ3) is 2.08. The Hall–Kier alpha value is -1.91. The van der Waals surface area contributed by atoms with E-state index in [0.717, 1.165) is 19.3 Å². The first-order chi connectivity index (χ1) is 8.69. The van der Waals surface area contributed by atoms with Crippen molar-refractivity contribution >= 4 is 17.0 Å². The molecule has 0 radical (unpaired) electrons. The monoisotopic (exact) mass is 247 g/mol. The fraction of sp³-hybridized carbons (Fsp3) is 0.462. The third-order valence-corrected chi connectivity index (χ3v) is 3.16. The van der Waals surface area contributed by atoms with E-state index in [1.165, 1.54) is 0 Å². The first-order valence-electron chi connectivity index (χ1n) is 6.26. The van der Waals surface area contributed by atoms with E-state index in [9.17, 15) is 9.90 Å². The predicted molar refractivity (Wildman–Crippen MR) is 68.7 cm³/mol. The van der Waals surface area contributed by atoms with Crippen LogP contribution >= 0.6 is 0 Å². The number of nitrogens with zero attached hydrogens (tertiary/aromatic N) is 3. The molecule has 1 unspecified atom stereocenters. The zero-order valence-corrected chi connectivity index (χ0v) is 10.6. The van der Waals surface area contributed by atoms with Gasteiger partial charge in [0.1, 0.15) is 11.0 Å². The Balaban J connectivity index is 2.60. The van der Waals surface area contributed by atoms with E-state index in [1.807, 2.05) is 0 Å². The van der Waals surface area contributed by atoms with Crippen molar-refractivity contribution in [3.63, 3.8) is 0 Å². The summed E-state index contributed by atoms with van der Waals surface area (Å²) in [5, 5.41) is 17.4. The molecule has 1 aromatic heterocycles. The van der Waals surface area contributed by atoms with E-state index < -0.39 is 5.97 Å². The number of carbonyl (C=O) groups is 1. The zero-order valence-electron chi connectivity index (χ0n) is 10.6. The van der Waals surface area contributed by atoms with Crippen molar-refractivity contribution in [1.82, 2.24) is 15.0 Å². The molecule has 5 nitrogen and oxygen atoms in total. The number of aromatic nitrogens is 3. The second-order valence-electron chi connectivity index (χ2n) is 4.36. The summed E-state index contributed by atoms with van der Waals surface area (Å²) in [6, 6.07) is 5.30. The van der Waals surface area contributed by atoms with E-state index in [1.54, 1.807) is 22.9 Å². The van der Waals surface area contributed by atoms with Crippen LogP contribution in [0.3, 0.4) is 0 Å². The number of benzene rings is 1. The highest BCUT2D eigenvalue weighted by Crippen LogP contribution is 2.24. The largest absolute Gasteiger partial charge is 0.478 e. The number of fused-ring (bicyclic) bond motifs is 1. The molecule has 1 atom stereocenters. The number of carboxylic acid groups (broad SMARTS) is 1. The molecular weight excluding hydrogens is 230 g/mol. The number of para-hydroxylation sites is 1. The number of aromatic carboxylic acids is 1. The minimum absolute atomic E-state index is 0.209. The van der Waals surface area contributed by atoms with E-state index in [-0.39, 0.29) is 11.6 Å². The van der Waals surface area contributed by atoms with E-state index in [2.05, 4.69) is 24.2 Å². The standard InChI is InChI=1S/C13H17N3O2/c1-3-6-9(4-2)16-12-10(13(17)18)7-5-8-11(12)14-15-16/h5,7-9H,3-4,6H2,1-2H3,(H,17,18). The van der Waals surface area contributed by atoms with Gasteiger partial charge in [0.2, 0.25) is 0 Å². The van der Waals surface area contributed by atoms with Crippen LogP contribution < -0.4 is 0 Å². The van der Waals surface area contributed by atoms with Gasteiger partial charge in [0.25, 0.3) is 0 Å². The molecule has 0 saturated carbocycles. The number of hydrogen-bond acceptors (Lipinski definition) is 3. The van der Waals surface area contributed by atoms with Gasteiger partial charge in [0, 0.05) is 0 Å². The van der Waals surface area contributed by atoms with Gasteiger partial charge in [0.05, 0.1) is 11.6 Å². The molecule has 0 amide bonds. The van der Waals surface area contributed by atoms with Crippen molar-refractivity contribution in [2.75, 3.05) is 0 Å². The molecule has 1 aromatic carbocycles. The lowest BCUT2D eigenvalue weighted by Gasteiger charge is -2.15. The van der Waals surface area contributed by atoms with Crippen molar-refractivity contribution in [1.29, 1.82) is 0 Å². The van der Waals surface area contributed by atoms with Crippen LogP contribution in [0, 0.1) is 0 Å². The maximum atomic E-state index is 11.3. The fourth-order valence-electron chi connectivity index (χ4n) is 2.25. The van der Waals surface area contributed by atoms with Crippen LogP contribution in [0.4, 0.5) is 0 Å². The Morgan fingerprint density at radius 2 is 2.22 bits per heavy atom. The summed E-state index contributed by atoms with van der Waals surface area (Å²) in [6.45, 7) is 4.19. The van der Waals surface area contributed by atoms with Crippen molar-refractivity contribution in [3.05, 3.63) is 23.8 Å². The second-order valence-corrected chi connectivity index (χ2v) is 4.36. The molecule has 0 fully saturated rings. The highest BCUT2D eigenvalue weighted by Gasteiger charge is 2.18. The molecule has 0 aliphatic heterocycles. The maximum absolute atomic E-state index is 11.3. The summed E-state index contributed by atoms with van der Waals surface area (Å²) in [4.78, 5) is 11.3. The summed E-state index contributed by atoms with van der Waals surface area (Å²) in [7, 11) is 0. The predicted octanol–water partition coefficient (Wildman–Crippen LogP) is 2.88. The Labute approximate surface area is 105 Å². The van der Waals surface area contributed by atoms with Crippen LogP contribution in [0.2, 0.25) is 0 Å². The average molecular weight is 247 g/mol. The van der Waals surface area contributed by atoms with Crippen LogP contribution in [0.15, 0.2) is 18.2 Å². The molecule has 2 rings (SSSR count). The van der Waals surface area contributed by atoms with Crippen LogP contribution in [-0.4, -0.2) is 26.1 Å². The van der Waals surface area contributed by atoms with Gasteiger partial charge in [0.15, 0.2) is 0 Å². The quantitative estimate of drug-likeness (QED) is 0.882. The molecule has 0 spiro atoms. The molecule has 18 heavy (non-hydrogen) atoms. The molecule has 1 N–H and O–H groups in total. The normalized spacial score (nSPS) is 12.8. The lowest BCUT2D eigenvalue weighted by Crippen LogP contribution is -2.12. The van der Waals surface area contributed by atoms with Crippen LogP contribution in [-0.2, 0) is 0 Å². The highest BCUT2D eigenvalue weighted by molar-refractivity contribution is 6.00. The van der Waals surface area contributed by atoms with Gasteiger partial charge in [-0.05, 0) is 25.0 Å². The Bertz CT molecular complexity index is 562. The lowest BCUT2D eigenvalue weighted by atomic mass is 10.1. The number of hydrogen-bond donors (Lipinski definition) is 1. The minimum Gasteiger partial charge on any atom is -0.478 e. The SMILES string of the molecule is CCCC(CC)n1nnc2cccc(C(=O)O)c21. The third-order valence-electron chi connectivity index (χ3n) is 3.16. The molecule has 0 bridgehead atoms. The van der Waals surface area contributed by atoms with Gasteiger partial charge < -0.3 is 5.11 Å². The molecule has 96 valence electrons. The van der Waals surface area contributed by atoms with Crippen molar-refractivity contribution < 1.29 is 9.90 Å². The van der Waals surface area contributed by atoms with Crippen molar-refractivity contribution in [2.24, 2.45) is 0 Å². The second kappa shape index (κ2) is 5.16. The Morgan fingerprint density at radius 3 is 2.83 bits per heavy atom. The Kier molecular flexibility index (Phi) is 3.60. The smallest absolute Gasteiger partial charge is 0.337 e. The number of carboxylic acids is 1. The first kappa shape index (κ1) is 12.5. The minimum atomic E-state index is -0.935. The summed E-state index contributed by atoms with van der Waals surface area (Å²) in [6.07, 6.45) is 2.93.